The largest absolute Gasteiger partial charge is 0.320 e. The fourth-order valence-corrected chi connectivity index (χ4v) is 2.82. The van der Waals surface area contributed by atoms with Gasteiger partial charge in [-0.2, -0.15) is 0 Å². The van der Waals surface area contributed by atoms with Crippen molar-refractivity contribution in [1.82, 2.24) is 9.80 Å². The maximum absolute atomic E-state index is 13.7. The van der Waals surface area contributed by atoms with E-state index in [9.17, 15) is 4.39 Å². The molecule has 2 rings (SSSR count). The van der Waals surface area contributed by atoms with Crippen LogP contribution in [0.2, 0.25) is 0 Å². The number of rotatable bonds is 3. The summed E-state index contributed by atoms with van der Waals surface area (Å²) in [6.07, 6.45) is 2.43. The normalized spacial score (nSPS) is 19.4. The molecule has 1 aromatic carbocycles. The highest BCUT2D eigenvalue weighted by Crippen LogP contribution is 2.17. The first-order chi connectivity index (χ1) is 10.1. The van der Waals surface area contributed by atoms with Crippen molar-refractivity contribution < 1.29 is 4.39 Å². The molecule has 0 saturated carbocycles. The van der Waals surface area contributed by atoms with Crippen molar-refractivity contribution in [2.24, 2.45) is 5.73 Å². The van der Waals surface area contributed by atoms with Gasteiger partial charge in [-0.3, -0.25) is 4.90 Å². The molecule has 2 N–H and O–H groups in total. The maximum Gasteiger partial charge on any atom is 0.124 e. The molecule has 21 heavy (non-hydrogen) atoms. The van der Waals surface area contributed by atoms with Crippen LogP contribution >= 0.6 is 0 Å². The van der Waals surface area contributed by atoms with Crippen LogP contribution in [0.3, 0.4) is 0 Å². The summed E-state index contributed by atoms with van der Waals surface area (Å²) in [6, 6.07) is 5.62. The molecule has 1 saturated heterocycles. The Hall–Kier alpha value is -1.41. The summed E-state index contributed by atoms with van der Waals surface area (Å²) >= 11 is 0. The van der Waals surface area contributed by atoms with E-state index in [4.69, 9.17) is 5.73 Å². The Morgan fingerprint density at radius 3 is 2.90 bits per heavy atom. The standard InChI is InChI=1S/C17H24FN3/c1-20(2)17-6-4-8-21(13-17)12-15-9-14(5-3-7-19)10-16(18)11-15/h9-11,17H,4,6-8,12-13,19H2,1-2H3. The maximum atomic E-state index is 13.7. The molecule has 0 bridgehead atoms. The Kier molecular flexibility index (Phi) is 5.75. The van der Waals surface area contributed by atoms with Crippen LogP contribution in [0, 0.1) is 17.7 Å². The highest BCUT2D eigenvalue weighted by molar-refractivity contribution is 5.38. The van der Waals surface area contributed by atoms with Crippen LogP contribution in [0.1, 0.15) is 24.0 Å². The van der Waals surface area contributed by atoms with E-state index >= 15 is 0 Å². The van der Waals surface area contributed by atoms with Crippen LogP contribution in [0.5, 0.6) is 0 Å². The van der Waals surface area contributed by atoms with E-state index in [2.05, 4.69) is 35.7 Å². The third-order valence-corrected chi connectivity index (χ3v) is 3.91. The second kappa shape index (κ2) is 7.56. The average Bonchev–Trinajstić information content (AvgIpc) is 2.45. The van der Waals surface area contributed by atoms with Crippen molar-refractivity contribution in [2.75, 3.05) is 33.7 Å². The van der Waals surface area contributed by atoms with Crippen LogP contribution in [0.15, 0.2) is 18.2 Å². The van der Waals surface area contributed by atoms with Crippen molar-refractivity contribution in [2.45, 2.75) is 25.4 Å². The SMILES string of the molecule is CN(C)C1CCCN(Cc2cc(F)cc(C#CCN)c2)C1. The molecule has 3 nitrogen and oxygen atoms in total. The summed E-state index contributed by atoms with van der Waals surface area (Å²) < 4.78 is 13.7. The number of nitrogens with two attached hydrogens (primary N) is 1. The number of piperidine rings is 1. The highest BCUT2D eigenvalue weighted by Gasteiger charge is 2.21. The van der Waals surface area contributed by atoms with Crippen molar-refractivity contribution in [3.05, 3.63) is 35.1 Å². The fourth-order valence-electron chi connectivity index (χ4n) is 2.82. The molecule has 0 spiro atoms. The zero-order valence-electron chi connectivity index (χ0n) is 12.9. The zero-order valence-corrected chi connectivity index (χ0v) is 12.9. The predicted octanol–water partition coefficient (Wildman–Crippen LogP) is 1.66. The van der Waals surface area contributed by atoms with Gasteiger partial charge in [-0.15, -0.1) is 0 Å². The van der Waals surface area contributed by atoms with Gasteiger partial charge in [0.2, 0.25) is 0 Å². The molecule has 0 aliphatic carbocycles. The summed E-state index contributed by atoms with van der Waals surface area (Å²) in [5.74, 6) is 5.46. The summed E-state index contributed by atoms with van der Waals surface area (Å²) in [5.41, 5.74) is 7.05. The summed E-state index contributed by atoms with van der Waals surface area (Å²) in [7, 11) is 4.24. The lowest BCUT2D eigenvalue weighted by Gasteiger charge is -2.36. The lowest BCUT2D eigenvalue weighted by molar-refractivity contribution is 0.128. The molecule has 0 amide bonds. The van der Waals surface area contributed by atoms with E-state index in [1.807, 2.05) is 6.07 Å². The predicted molar refractivity (Wildman–Crippen MR) is 84.3 cm³/mol. The molecular weight excluding hydrogens is 265 g/mol. The van der Waals surface area contributed by atoms with E-state index < -0.39 is 0 Å². The average molecular weight is 289 g/mol. The van der Waals surface area contributed by atoms with Gasteiger partial charge in [-0.1, -0.05) is 11.8 Å². The first kappa shape index (κ1) is 16.0. The fraction of sp³-hybridized carbons (Fsp3) is 0.529. The van der Waals surface area contributed by atoms with E-state index in [1.165, 1.54) is 18.9 Å². The molecule has 0 aromatic heterocycles. The Bertz CT molecular complexity index is 531. The lowest BCUT2D eigenvalue weighted by Crippen LogP contribution is -2.44. The van der Waals surface area contributed by atoms with Gasteiger partial charge in [-0.05, 0) is 57.2 Å². The second-order valence-electron chi connectivity index (χ2n) is 5.85. The van der Waals surface area contributed by atoms with Crippen LogP contribution in [0.25, 0.3) is 0 Å². The highest BCUT2D eigenvalue weighted by atomic mass is 19.1. The number of hydrogen-bond donors (Lipinski definition) is 1. The molecule has 1 unspecified atom stereocenters. The van der Waals surface area contributed by atoms with Crippen LogP contribution in [0.4, 0.5) is 4.39 Å². The van der Waals surface area contributed by atoms with Gasteiger partial charge >= 0.3 is 0 Å². The van der Waals surface area contributed by atoms with Gasteiger partial charge in [0.05, 0.1) is 6.54 Å². The van der Waals surface area contributed by atoms with Gasteiger partial charge < -0.3 is 10.6 Å². The molecule has 0 radical (unpaired) electrons. The zero-order chi connectivity index (χ0) is 15.2. The third kappa shape index (κ3) is 4.82. The minimum atomic E-state index is -0.227. The molecule has 114 valence electrons. The smallest absolute Gasteiger partial charge is 0.124 e. The van der Waals surface area contributed by atoms with E-state index in [0.29, 0.717) is 18.2 Å². The van der Waals surface area contributed by atoms with E-state index in [0.717, 1.165) is 25.2 Å². The number of hydrogen-bond acceptors (Lipinski definition) is 3. The third-order valence-electron chi connectivity index (χ3n) is 3.91. The van der Waals surface area contributed by atoms with Crippen molar-refractivity contribution in [3.8, 4) is 11.8 Å². The number of halogens is 1. The number of likely N-dealkylation sites (tertiary alicyclic amines) is 1. The second-order valence-corrected chi connectivity index (χ2v) is 5.85. The quantitative estimate of drug-likeness (QED) is 0.859. The first-order valence-corrected chi connectivity index (χ1v) is 7.45. The van der Waals surface area contributed by atoms with Crippen molar-refractivity contribution in [1.29, 1.82) is 0 Å². The molecule has 1 aliphatic rings. The molecule has 4 heteroatoms. The first-order valence-electron chi connectivity index (χ1n) is 7.45. The Balaban J connectivity index is 2.06. The Labute approximate surface area is 126 Å². The minimum absolute atomic E-state index is 0.227. The van der Waals surface area contributed by atoms with Gasteiger partial charge in [0.25, 0.3) is 0 Å². The van der Waals surface area contributed by atoms with Gasteiger partial charge in [0.15, 0.2) is 0 Å². The summed E-state index contributed by atoms with van der Waals surface area (Å²) in [4.78, 5) is 4.67. The van der Waals surface area contributed by atoms with E-state index in [1.54, 1.807) is 6.07 Å². The molecular formula is C17H24FN3. The molecule has 1 aliphatic heterocycles. The monoisotopic (exact) mass is 289 g/mol. The molecule has 1 fully saturated rings. The molecule has 1 aromatic rings. The molecule has 1 atom stereocenters. The van der Waals surface area contributed by atoms with Crippen LogP contribution < -0.4 is 5.73 Å². The number of benzene rings is 1. The Morgan fingerprint density at radius 2 is 2.19 bits per heavy atom. The van der Waals surface area contributed by atoms with Gasteiger partial charge in [0, 0.05) is 24.7 Å². The number of likely N-dealkylation sites (N-methyl/N-ethyl adjacent to an activating group) is 1. The minimum Gasteiger partial charge on any atom is -0.320 e. The lowest BCUT2D eigenvalue weighted by atomic mass is 10.0. The van der Waals surface area contributed by atoms with Crippen molar-refractivity contribution in [3.63, 3.8) is 0 Å². The van der Waals surface area contributed by atoms with Gasteiger partial charge in [0.1, 0.15) is 5.82 Å². The van der Waals surface area contributed by atoms with Crippen LogP contribution in [-0.2, 0) is 6.54 Å². The van der Waals surface area contributed by atoms with Crippen LogP contribution in [-0.4, -0.2) is 49.6 Å². The van der Waals surface area contributed by atoms with Gasteiger partial charge in [-0.25, -0.2) is 4.39 Å². The summed E-state index contributed by atoms with van der Waals surface area (Å²) in [6.45, 7) is 3.18. The van der Waals surface area contributed by atoms with Crippen molar-refractivity contribution >= 4 is 0 Å². The summed E-state index contributed by atoms with van der Waals surface area (Å²) in [5, 5.41) is 0. The Morgan fingerprint density at radius 1 is 1.38 bits per heavy atom. The number of nitrogens with zero attached hydrogens (tertiary/aromatic N) is 2. The van der Waals surface area contributed by atoms with E-state index in [-0.39, 0.29) is 5.82 Å². The topological polar surface area (TPSA) is 32.5 Å². The molecule has 1 heterocycles.